The van der Waals surface area contributed by atoms with E-state index >= 15 is 0 Å². The number of hydrogen-bond acceptors (Lipinski definition) is 3. The Morgan fingerprint density at radius 3 is 2.76 bits per heavy atom. The summed E-state index contributed by atoms with van der Waals surface area (Å²) in [7, 11) is 2.09. The van der Waals surface area contributed by atoms with Crippen LogP contribution in [0.1, 0.15) is 5.56 Å². The minimum Gasteiger partial charge on any atom is -0.379 e. The molecule has 0 aliphatic heterocycles. The highest BCUT2D eigenvalue weighted by molar-refractivity contribution is 9.10. The van der Waals surface area contributed by atoms with Crippen LogP contribution in [0, 0.1) is 0 Å². The van der Waals surface area contributed by atoms with Gasteiger partial charge < -0.3 is 10.5 Å². The highest BCUT2D eigenvalue weighted by atomic mass is 79.9. The second-order valence-electron chi connectivity index (χ2n) is 3.77. The zero-order valence-corrected chi connectivity index (χ0v) is 12.5. The number of ether oxygens (including phenoxy) is 1. The molecule has 0 saturated carbocycles. The second kappa shape index (κ2) is 9.85. The molecule has 0 spiro atoms. The summed E-state index contributed by atoms with van der Waals surface area (Å²) in [6, 6.07) is 8.35. The predicted octanol–water partition coefficient (Wildman–Crippen LogP) is 2.28. The summed E-state index contributed by atoms with van der Waals surface area (Å²) in [5, 5.41) is 0. The Balaban J connectivity index is 0.00000256. The van der Waals surface area contributed by atoms with Gasteiger partial charge in [-0.05, 0) is 24.7 Å². The number of benzene rings is 1. The smallest absolute Gasteiger partial charge is 0.0594 e. The first-order chi connectivity index (χ1) is 7.72. The Morgan fingerprint density at radius 2 is 2.12 bits per heavy atom. The van der Waals surface area contributed by atoms with E-state index in [2.05, 4.69) is 46.1 Å². The van der Waals surface area contributed by atoms with Crippen molar-refractivity contribution in [3.63, 3.8) is 0 Å². The molecule has 0 heterocycles. The third-order valence-corrected chi connectivity index (χ3v) is 2.71. The summed E-state index contributed by atoms with van der Waals surface area (Å²) in [4.78, 5) is 2.23. The number of hydrogen-bond donors (Lipinski definition) is 1. The van der Waals surface area contributed by atoms with E-state index in [0.717, 1.165) is 24.2 Å². The first-order valence-electron chi connectivity index (χ1n) is 5.43. The molecule has 0 fully saturated rings. The van der Waals surface area contributed by atoms with Crippen molar-refractivity contribution in [3.05, 3.63) is 34.3 Å². The van der Waals surface area contributed by atoms with Gasteiger partial charge in [0.25, 0.3) is 0 Å². The third-order valence-electron chi connectivity index (χ3n) is 2.22. The summed E-state index contributed by atoms with van der Waals surface area (Å²) in [6.45, 7) is 3.83. The molecule has 1 aromatic carbocycles. The largest absolute Gasteiger partial charge is 0.379 e. The quantitative estimate of drug-likeness (QED) is 0.782. The molecule has 0 aliphatic rings. The van der Waals surface area contributed by atoms with E-state index in [9.17, 15) is 0 Å². The average Bonchev–Trinajstić information content (AvgIpc) is 2.24. The van der Waals surface area contributed by atoms with E-state index in [1.54, 1.807) is 0 Å². The Kier molecular flexibility index (Phi) is 9.78. The number of nitrogens with zero attached hydrogens (tertiary/aromatic N) is 1. The molecule has 0 amide bonds. The van der Waals surface area contributed by atoms with E-state index in [0.29, 0.717) is 13.2 Å². The lowest BCUT2D eigenvalue weighted by molar-refractivity contribution is 0.115. The molecule has 1 rings (SSSR count). The van der Waals surface area contributed by atoms with E-state index in [1.165, 1.54) is 5.56 Å². The summed E-state index contributed by atoms with van der Waals surface area (Å²) >= 11 is 3.47. The normalized spacial score (nSPS) is 10.4. The number of halogens is 2. The van der Waals surface area contributed by atoms with E-state index < -0.39 is 0 Å². The van der Waals surface area contributed by atoms with Crippen LogP contribution in [0.4, 0.5) is 0 Å². The zero-order valence-electron chi connectivity index (χ0n) is 10.1. The second-order valence-corrected chi connectivity index (χ2v) is 4.68. The lowest BCUT2D eigenvalue weighted by Gasteiger charge is -2.16. The van der Waals surface area contributed by atoms with Crippen molar-refractivity contribution in [1.82, 2.24) is 4.90 Å². The fraction of sp³-hybridized carbons (Fsp3) is 0.500. The summed E-state index contributed by atoms with van der Waals surface area (Å²) in [5.74, 6) is 0. The van der Waals surface area contributed by atoms with Crippen molar-refractivity contribution in [1.29, 1.82) is 0 Å². The van der Waals surface area contributed by atoms with Gasteiger partial charge in [-0.2, -0.15) is 0 Å². The van der Waals surface area contributed by atoms with Crippen LogP contribution in [-0.2, 0) is 11.3 Å². The Morgan fingerprint density at radius 1 is 1.35 bits per heavy atom. The zero-order chi connectivity index (χ0) is 11.8. The summed E-state index contributed by atoms with van der Waals surface area (Å²) in [6.07, 6.45) is 0. The van der Waals surface area contributed by atoms with Gasteiger partial charge in [0.05, 0.1) is 13.2 Å². The molecule has 0 radical (unpaired) electrons. The van der Waals surface area contributed by atoms with Crippen molar-refractivity contribution >= 4 is 28.3 Å². The molecule has 2 N–H and O–H groups in total. The minimum atomic E-state index is 0. The maximum absolute atomic E-state index is 5.34. The molecule has 17 heavy (non-hydrogen) atoms. The van der Waals surface area contributed by atoms with Crippen LogP contribution in [0.3, 0.4) is 0 Å². The van der Waals surface area contributed by atoms with Gasteiger partial charge in [0.1, 0.15) is 0 Å². The third kappa shape index (κ3) is 7.73. The molecule has 1 aromatic rings. The first kappa shape index (κ1) is 16.9. The fourth-order valence-corrected chi connectivity index (χ4v) is 1.88. The van der Waals surface area contributed by atoms with Crippen LogP contribution >= 0.6 is 28.3 Å². The summed E-state index contributed by atoms with van der Waals surface area (Å²) < 4.78 is 6.46. The van der Waals surface area contributed by atoms with E-state index in [1.807, 2.05) is 6.07 Å². The molecule has 0 aromatic heterocycles. The Hall–Kier alpha value is -0.130. The van der Waals surface area contributed by atoms with Crippen LogP contribution in [0.15, 0.2) is 28.7 Å². The summed E-state index contributed by atoms with van der Waals surface area (Å²) in [5.41, 5.74) is 6.64. The number of likely N-dealkylation sites (N-methyl/N-ethyl adjacent to an activating group) is 1. The monoisotopic (exact) mass is 322 g/mol. The molecule has 0 unspecified atom stereocenters. The van der Waals surface area contributed by atoms with Crippen LogP contribution in [-0.4, -0.2) is 38.3 Å². The van der Waals surface area contributed by atoms with Gasteiger partial charge in [-0.1, -0.05) is 28.1 Å². The highest BCUT2D eigenvalue weighted by Crippen LogP contribution is 2.12. The van der Waals surface area contributed by atoms with Crippen LogP contribution in [0.25, 0.3) is 0 Å². The van der Waals surface area contributed by atoms with E-state index in [-0.39, 0.29) is 12.4 Å². The van der Waals surface area contributed by atoms with Crippen LogP contribution in [0.5, 0.6) is 0 Å². The molecule has 3 nitrogen and oxygen atoms in total. The SMILES string of the molecule is CN(CCOCCN)Cc1cccc(Br)c1.Cl. The topological polar surface area (TPSA) is 38.5 Å². The molecule has 0 aliphatic carbocycles. The molecular weight excluding hydrogens is 304 g/mol. The van der Waals surface area contributed by atoms with Crippen molar-refractivity contribution in [3.8, 4) is 0 Å². The Labute approximate surface area is 118 Å². The van der Waals surface area contributed by atoms with Gasteiger partial charge in [0, 0.05) is 24.1 Å². The van der Waals surface area contributed by atoms with Crippen molar-refractivity contribution in [2.45, 2.75) is 6.54 Å². The predicted molar refractivity (Wildman–Crippen MR) is 77.6 cm³/mol. The maximum Gasteiger partial charge on any atom is 0.0594 e. The van der Waals surface area contributed by atoms with Gasteiger partial charge in [-0.3, -0.25) is 4.90 Å². The van der Waals surface area contributed by atoms with Crippen molar-refractivity contribution in [2.75, 3.05) is 33.4 Å². The lowest BCUT2D eigenvalue weighted by Crippen LogP contribution is -2.23. The van der Waals surface area contributed by atoms with Gasteiger partial charge in [-0.25, -0.2) is 0 Å². The van der Waals surface area contributed by atoms with Crippen molar-refractivity contribution < 1.29 is 4.74 Å². The van der Waals surface area contributed by atoms with Gasteiger partial charge in [0.15, 0.2) is 0 Å². The molecule has 5 heteroatoms. The van der Waals surface area contributed by atoms with Crippen LogP contribution < -0.4 is 5.73 Å². The van der Waals surface area contributed by atoms with Gasteiger partial charge in [-0.15, -0.1) is 12.4 Å². The standard InChI is InChI=1S/C12H19BrN2O.ClH/c1-15(6-8-16-7-5-14)10-11-3-2-4-12(13)9-11;/h2-4,9H,5-8,10,14H2,1H3;1H. The van der Waals surface area contributed by atoms with Crippen molar-refractivity contribution in [2.24, 2.45) is 5.73 Å². The molecule has 0 bridgehead atoms. The average molecular weight is 324 g/mol. The highest BCUT2D eigenvalue weighted by Gasteiger charge is 2.00. The Bertz CT molecular complexity index is 312. The van der Waals surface area contributed by atoms with Gasteiger partial charge >= 0.3 is 0 Å². The molecule has 98 valence electrons. The minimum absolute atomic E-state index is 0. The molecular formula is C12H20BrClN2O. The number of nitrogens with two attached hydrogens (primary N) is 1. The molecule has 0 saturated heterocycles. The molecule has 0 atom stereocenters. The van der Waals surface area contributed by atoms with E-state index in [4.69, 9.17) is 10.5 Å². The maximum atomic E-state index is 5.34. The first-order valence-corrected chi connectivity index (χ1v) is 6.22. The van der Waals surface area contributed by atoms with Crippen LogP contribution in [0.2, 0.25) is 0 Å². The fourth-order valence-electron chi connectivity index (χ4n) is 1.43. The van der Waals surface area contributed by atoms with Gasteiger partial charge in [0.2, 0.25) is 0 Å². The lowest BCUT2D eigenvalue weighted by atomic mass is 10.2. The number of rotatable bonds is 7.